The number of ether oxygens (including phenoxy) is 1. The van der Waals surface area contributed by atoms with E-state index >= 15 is 0 Å². The standard InChI is InChI=1S/C31H34N4O3.ClH/c1-32-28-12-17-34(30(36)13-16-33-14-5-6-15-33)21-27(28)26-10-9-24(19-29(26)32)35-18-11-25(20-31(35)37)38-22-23-7-3-2-4-8-23;/h2-4,7-11,18-20H,5-6,12-17,21-22H2,1H3;1H. The van der Waals surface area contributed by atoms with Crippen LogP contribution < -0.4 is 10.3 Å². The molecule has 1 fully saturated rings. The first kappa shape index (κ1) is 27.0. The summed E-state index contributed by atoms with van der Waals surface area (Å²) in [5.41, 5.74) is 5.32. The number of aryl methyl sites for hydroxylation is 1. The summed E-state index contributed by atoms with van der Waals surface area (Å²) in [5, 5.41) is 1.15. The van der Waals surface area contributed by atoms with Crippen LogP contribution in [0.5, 0.6) is 5.75 Å². The van der Waals surface area contributed by atoms with E-state index in [4.69, 9.17) is 4.74 Å². The van der Waals surface area contributed by atoms with E-state index in [9.17, 15) is 9.59 Å². The molecular formula is C31H35ClN4O3. The van der Waals surface area contributed by atoms with E-state index in [-0.39, 0.29) is 23.9 Å². The summed E-state index contributed by atoms with van der Waals surface area (Å²) in [5.74, 6) is 0.803. The zero-order valence-electron chi connectivity index (χ0n) is 22.3. The average Bonchev–Trinajstić information content (AvgIpc) is 3.57. The molecule has 4 heterocycles. The van der Waals surface area contributed by atoms with Gasteiger partial charge >= 0.3 is 0 Å². The monoisotopic (exact) mass is 546 g/mol. The van der Waals surface area contributed by atoms with Crippen molar-refractivity contribution in [1.29, 1.82) is 0 Å². The molecule has 204 valence electrons. The summed E-state index contributed by atoms with van der Waals surface area (Å²) in [6.45, 7) is 4.94. The van der Waals surface area contributed by atoms with Gasteiger partial charge < -0.3 is 19.1 Å². The number of halogens is 1. The van der Waals surface area contributed by atoms with Crippen LogP contribution in [0.25, 0.3) is 16.6 Å². The van der Waals surface area contributed by atoms with E-state index in [2.05, 4.69) is 28.6 Å². The van der Waals surface area contributed by atoms with Crippen LogP contribution in [0.15, 0.2) is 71.7 Å². The molecule has 0 spiro atoms. The van der Waals surface area contributed by atoms with Crippen LogP contribution in [0, 0.1) is 0 Å². The molecule has 39 heavy (non-hydrogen) atoms. The summed E-state index contributed by atoms with van der Waals surface area (Å²) in [7, 11) is 2.08. The first-order chi connectivity index (χ1) is 18.6. The van der Waals surface area contributed by atoms with Crippen molar-refractivity contribution in [2.24, 2.45) is 7.05 Å². The van der Waals surface area contributed by atoms with Gasteiger partial charge in [-0.2, -0.15) is 0 Å². The largest absolute Gasteiger partial charge is 0.489 e. The summed E-state index contributed by atoms with van der Waals surface area (Å²) >= 11 is 0. The third-order valence-electron chi connectivity index (χ3n) is 8.00. The first-order valence-electron chi connectivity index (χ1n) is 13.6. The van der Waals surface area contributed by atoms with Gasteiger partial charge in [0.25, 0.3) is 5.56 Å². The predicted molar refractivity (Wildman–Crippen MR) is 156 cm³/mol. The number of hydrogen-bond acceptors (Lipinski definition) is 4. The molecule has 2 aromatic heterocycles. The lowest BCUT2D eigenvalue weighted by Gasteiger charge is -2.28. The van der Waals surface area contributed by atoms with E-state index in [0.717, 1.165) is 54.8 Å². The maximum absolute atomic E-state index is 13.0. The predicted octanol–water partition coefficient (Wildman–Crippen LogP) is 4.70. The van der Waals surface area contributed by atoms with Crippen molar-refractivity contribution < 1.29 is 9.53 Å². The Kier molecular flexibility index (Phi) is 8.10. The Balaban J connectivity index is 0.00000308. The number of hydrogen-bond donors (Lipinski definition) is 0. The second-order valence-corrected chi connectivity index (χ2v) is 10.4. The van der Waals surface area contributed by atoms with Crippen molar-refractivity contribution in [2.75, 3.05) is 26.2 Å². The van der Waals surface area contributed by atoms with E-state index in [1.54, 1.807) is 10.8 Å². The van der Waals surface area contributed by atoms with Crippen LogP contribution in [0.4, 0.5) is 0 Å². The number of rotatable bonds is 7. The third kappa shape index (κ3) is 5.60. The highest BCUT2D eigenvalue weighted by Gasteiger charge is 2.26. The molecule has 0 unspecified atom stereocenters. The molecule has 0 saturated carbocycles. The Hall–Kier alpha value is -3.55. The lowest BCUT2D eigenvalue weighted by Crippen LogP contribution is -2.37. The molecule has 8 heteroatoms. The Bertz CT molecular complexity index is 1520. The highest BCUT2D eigenvalue weighted by atomic mass is 35.5. The number of amides is 1. The zero-order chi connectivity index (χ0) is 26.1. The van der Waals surface area contributed by atoms with Crippen LogP contribution in [0.1, 0.15) is 36.1 Å². The van der Waals surface area contributed by atoms with Crippen LogP contribution in [-0.2, 0) is 31.4 Å². The van der Waals surface area contributed by atoms with Gasteiger partial charge in [-0.15, -0.1) is 12.4 Å². The van der Waals surface area contributed by atoms with Gasteiger partial charge in [-0.05, 0) is 49.7 Å². The van der Waals surface area contributed by atoms with Crippen molar-refractivity contribution in [3.63, 3.8) is 0 Å². The van der Waals surface area contributed by atoms with E-state index in [1.165, 1.54) is 30.2 Å². The lowest BCUT2D eigenvalue weighted by atomic mass is 10.0. The zero-order valence-corrected chi connectivity index (χ0v) is 23.2. The van der Waals surface area contributed by atoms with Crippen molar-refractivity contribution in [2.45, 2.75) is 38.8 Å². The molecule has 0 radical (unpaired) electrons. The molecule has 4 aromatic rings. The van der Waals surface area contributed by atoms with E-state index in [0.29, 0.717) is 25.3 Å². The van der Waals surface area contributed by atoms with Gasteiger partial charge in [-0.25, -0.2) is 0 Å². The number of likely N-dealkylation sites (tertiary alicyclic amines) is 1. The molecule has 6 rings (SSSR count). The molecule has 0 bridgehead atoms. The van der Waals surface area contributed by atoms with Gasteiger partial charge in [0, 0.05) is 68.4 Å². The lowest BCUT2D eigenvalue weighted by molar-refractivity contribution is -0.132. The Morgan fingerprint density at radius 3 is 2.54 bits per heavy atom. The van der Waals surface area contributed by atoms with Gasteiger partial charge in [-0.1, -0.05) is 36.4 Å². The highest BCUT2D eigenvalue weighted by molar-refractivity contribution is 5.88. The highest BCUT2D eigenvalue weighted by Crippen LogP contribution is 2.32. The molecular weight excluding hydrogens is 512 g/mol. The second-order valence-electron chi connectivity index (χ2n) is 10.4. The SMILES string of the molecule is Cl.Cn1c2c(c3ccc(-n4ccc(OCc5ccccc5)cc4=O)cc31)CN(C(=O)CCN1CCCC1)CC2. The Labute approximate surface area is 235 Å². The smallest absolute Gasteiger partial charge is 0.258 e. The minimum atomic E-state index is -0.136. The third-order valence-corrected chi connectivity index (χ3v) is 8.00. The average molecular weight is 547 g/mol. The number of aromatic nitrogens is 2. The Morgan fingerprint density at radius 1 is 0.974 bits per heavy atom. The molecule has 1 amide bonds. The number of nitrogens with zero attached hydrogens (tertiary/aromatic N) is 4. The van der Waals surface area contributed by atoms with Gasteiger partial charge in [0.1, 0.15) is 12.4 Å². The second kappa shape index (κ2) is 11.7. The van der Waals surface area contributed by atoms with Crippen molar-refractivity contribution in [3.05, 3.63) is 94.0 Å². The number of pyridine rings is 1. The van der Waals surface area contributed by atoms with Crippen LogP contribution in [0.3, 0.4) is 0 Å². The number of carbonyl (C=O) groups excluding carboxylic acids is 1. The maximum Gasteiger partial charge on any atom is 0.258 e. The number of fused-ring (bicyclic) bond motifs is 3. The summed E-state index contributed by atoms with van der Waals surface area (Å²) < 4.78 is 9.70. The van der Waals surface area contributed by atoms with Crippen LogP contribution in [-0.4, -0.2) is 51.0 Å². The van der Waals surface area contributed by atoms with Crippen molar-refractivity contribution >= 4 is 29.2 Å². The Morgan fingerprint density at radius 2 is 1.77 bits per heavy atom. The quantitative estimate of drug-likeness (QED) is 0.337. The van der Waals surface area contributed by atoms with E-state index in [1.807, 2.05) is 47.4 Å². The fourth-order valence-electron chi connectivity index (χ4n) is 5.85. The molecule has 0 aliphatic carbocycles. The summed E-state index contributed by atoms with van der Waals surface area (Å²) in [6.07, 6.45) is 5.71. The molecule has 7 nitrogen and oxygen atoms in total. The maximum atomic E-state index is 13.0. The summed E-state index contributed by atoms with van der Waals surface area (Å²) in [6, 6.07) is 19.4. The summed E-state index contributed by atoms with van der Waals surface area (Å²) in [4.78, 5) is 30.4. The van der Waals surface area contributed by atoms with Crippen LogP contribution in [0.2, 0.25) is 0 Å². The topological polar surface area (TPSA) is 59.7 Å². The normalized spacial score (nSPS) is 15.3. The fourth-order valence-corrected chi connectivity index (χ4v) is 5.85. The van der Waals surface area contributed by atoms with Crippen molar-refractivity contribution in [1.82, 2.24) is 18.9 Å². The van der Waals surface area contributed by atoms with Crippen molar-refractivity contribution in [3.8, 4) is 11.4 Å². The molecule has 0 atom stereocenters. The molecule has 2 aromatic carbocycles. The first-order valence-corrected chi connectivity index (χ1v) is 13.6. The minimum Gasteiger partial charge on any atom is -0.489 e. The molecule has 2 aliphatic rings. The van der Waals surface area contributed by atoms with Gasteiger partial charge in [0.2, 0.25) is 5.91 Å². The van der Waals surface area contributed by atoms with E-state index < -0.39 is 0 Å². The number of benzene rings is 2. The molecule has 0 N–H and O–H groups in total. The molecule has 2 aliphatic heterocycles. The minimum absolute atomic E-state index is 0. The number of carbonyl (C=O) groups is 1. The fraction of sp³-hybridized carbons (Fsp3) is 0.355. The van der Waals surface area contributed by atoms with Gasteiger partial charge in [0.15, 0.2) is 0 Å². The van der Waals surface area contributed by atoms with Crippen LogP contribution >= 0.6 is 12.4 Å². The van der Waals surface area contributed by atoms with Gasteiger partial charge in [-0.3, -0.25) is 14.2 Å². The van der Waals surface area contributed by atoms with Gasteiger partial charge in [0.05, 0.1) is 11.2 Å². The molecule has 1 saturated heterocycles.